The standard InChI is InChI=1S/C14H23NO2Si/c1-11(16)15-12-7-9-13(10-8-12)17-18(5,6)14(2,3)4/h7-10H,1-6H3,(H,15,16). The maximum absolute atomic E-state index is 10.9. The third kappa shape index (κ3) is 3.87. The van der Waals surface area contributed by atoms with E-state index in [1.54, 1.807) is 0 Å². The Kier molecular flexibility index (Phi) is 4.22. The normalized spacial score (nSPS) is 12.1. The van der Waals surface area contributed by atoms with E-state index in [0.29, 0.717) is 0 Å². The van der Waals surface area contributed by atoms with Crippen molar-refractivity contribution >= 4 is 19.9 Å². The van der Waals surface area contributed by atoms with E-state index in [1.807, 2.05) is 24.3 Å². The number of carbonyl (C=O) groups excluding carboxylic acids is 1. The van der Waals surface area contributed by atoms with Crippen LogP contribution in [0.2, 0.25) is 18.1 Å². The number of hydrogen-bond acceptors (Lipinski definition) is 2. The Bertz CT molecular complexity index is 418. The second-order valence-electron chi connectivity index (χ2n) is 6.07. The first-order valence-corrected chi connectivity index (χ1v) is 9.09. The lowest BCUT2D eigenvalue weighted by atomic mass is 10.2. The summed E-state index contributed by atoms with van der Waals surface area (Å²) in [5.74, 6) is 0.809. The topological polar surface area (TPSA) is 38.3 Å². The second-order valence-corrected chi connectivity index (χ2v) is 10.8. The van der Waals surface area contributed by atoms with E-state index >= 15 is 0 Å². The van der Waals surface area contributed by atoms with Crippen molar-refractivity contribution in [1.82, 2.24) is 0 Å². The second kappa shape index (κ2) is 5.14. The van der Waals surface area contributed by atoms with Crippen LogP contribution in [0.1, 0.15) is 27.7 Å². The summed E-state index contributed by atoms with van der Waals surface area (Å²) in [6.45, 7) is 12.6. The molecule has 0 aromatic heterocycles. The maximum Gasteiger partial charge on any atom is 0.250 e. The van der Waals surface area contributed by atoms with Crippen LogP contribution < -0.4 is 9.74 Å². The molecule has 18 heavy (non-hydrogen) atoms. The third-order valence-corrected chi connectivity index (χ3v) is 7.71. The maximum atomic E-state index is 10.9. The van der Waals surface area contributed by atoms with Crippen LogP contribution in [0.25, 0.3) is 0 Å². The van der Waals surface area contributed by atoms with Crippen LogP contribution in [0.3, 0.4) is 0 Å². The molecule has 0 aliphatic heterocycles. The van der Waals surface area contributed by atoms with Gasteiger partial charge in [0.1, 0.15) is 5.75 Å². The summed E-state index contributed by atoms with van der Waals surface area (Å²) < 4.78 is 6.15. The van der Waals surface area contributed by atoms with Crippen LogP contribution in [0, 0.1) is 0 Å². The Morgan fingerprint density at radius 2 is 1.67 bits per heavy atom. The van der Waals surface area contributed by atoms with E-state index in [2.05, 4.69) is 39.2 Å². The van der Waals surface area contributed by atoms with Gasteiger partial charge in [0.15, 0.2) is 0 Å². The van der Waals surface area contributed by atoms with Crippen LogP contribution in [0.5, 0.6) is 5.75 Å². The first-order chi connectivity index (χ1) is 8.12. The van der Waals surface area contributed by atoms with E-state index in [1.165, 1.54) is 6.92 Å². The van der Waals surface area contributed by atoms with Gasteiger partial charge in [0.2, 0.25) is 14.2 Å². The summed E-state index contributed by atoms with van der Waals surface area (Å²) >= 11 is 0. The number of amides is 1. The molecule has 4 heteroatoms. The fraction of sp³-hybridized carbons (Fsp3) is 0.500. The fourth-order valence-electron chi connectivity index (χ4n) is 1.26. The lowest BCUT2D eigenvalue weighted by Crippen LogP contribution is -2.43. The number of nitrogens with one attached hydrogen (secondary N) is 1. The first kappa shape index (κ1) is 14.8. The van der Waals surface area contributed by atoms with E-state index < -0.39 is 8.32 Å². The van der Waals surface area contributed by atoms with E-state index in [9.17, 15) is 4.79 Å². The van der Waals surface area contributed by atoms with Gasteiger partial charge in [-0.25, -0.2) is 0 Å². The van der Waals surface area contributed by atoms with Gasteiger partial charge in [0, 0.05) is 12.6 Å². The van der Waals surface area contributed by atoms with Gasteiger partial charge in [-0.3, -0.25) is 4.79 Å². The molecule has 0 aliphatic rings. The van der Waals surface area contributed by atoms with Crippen LogP contribution in [-0.4, -0.2) is 14.2 Å². The molecule has 0 atom stereocenters. The summed E-state index contributed by atoms with van der Waals surface area (Å²) in [4.78, 5) is 10.9. The smallest absolute Gasteiger partial charge is 0.250 e. The molecule has 0 fully saturated rings. The minimum atomic E-state index is -1.78. The Balaban J connectivity index is 2.78. The summed E-state index contributed by atoms with van der Waals surface area (Å²) in [6.07, 6.45) is 0. The lowest BCUT2D eigenvalue weighted by Gasteiger charge is -2.36. The quantitative estimate of drug-likeness (QED) is 0.838. The molecule has 1 N–H and O–H groups in total. The van der Waals surface area contributed by atoms with Crippen molar-refractivity contribution in [3.05, 3.63) is 24.3 Å². The van der Waals surface area contributed by atoms with Crippen molar-refractivity contribution in [2.75, 3.05) is 5.32 Å². The predicted octanol–water partition coefficient (Wildman–Crippen LogP) is 4.03. The zero-order valence-electron chi connectivity index (χ0n) is 12.1. The highest BCUT2D eigenvalue weighted by Crippen LogP contribution is 2.37. The van der Waals surface area contributed by atoms with Crippen molar-refractivity contribution in [3.8, 4) is 5.75 Å². The van der Waals surface area contributed by atoms with Gasteiger partial charge in [-0.05, 0) is 42.4 Å². The summed E-state index contributed by atoms with van der Waals surface area (Å²) in [5, 5.41) is 2.93. The molecule has 0 unspecified atom stereocenters. The molecular weight excluding hydrogens is 242 g/mol. The molecule has 0 heterocycles. The van der Waals surface area contributed by atoms with Crippen molar-refractivity contribution in [2.24, 2.45) is 0 Å². The van der Waals surface area contributed by atoms with Crippen LogP contribution in [-0.2, 0) is 4.79 Å². The first-order valence-electron chi connectivity index (χ1n) is 6.18. The van der Waals surface area contributed by atoms with Gasteiger partial charge in [-0.2, -0.15) is 0 Å². The number of rotatable bonds is 3. The molecule has 0 bridgehead atoms. The summed E-state index contributed by atoms with van der Waals surface area (Å²) in [5.41, 5.74) is 0.796. The molecule has 1 rings (SSSR count). The monoisotopic (exact) mass is 265 g/mol. The number of carbonyl (C=O) groups is 1. The minimum absolute atomic E-state index is 0.0620. The molecule has 0 saturated heterocycles. The highest BCUT2D eigenvalue weighted by Gasteiger charge is 2.38. The van der Waals surface area contributed by atoms with Crippen molar-refractivity contribution in [2.45, 2.75) is 45.8 Å². The van der Waals surface area contributed by atoms with Crippen LogP contribution in [0.4, 0.5) is 5.69 Å². The molecule has 0 radical (unpaired) electrons. The number of benzene rings is 1. The van der Waals surface area contributed by atoms with Gasteiger partial charge >= 0.3 is 0 Å². The van der Waals surface area contributed by atoms with Crippen molar-refractivity contribution in [3.63, 3.8) is 0 Å². The van der Waals surface area contributed by atoms with E-state index in [-0.39, 0.29) is 10.9 Å². The van der Waals surface area contributed by atoms with Crippen LogP contribution in [0.15, 0.2) is 24.3 Å². The fourth-order valence-corrected chi connectivity index (χ4v) is 2.29. The molecule has 0 spiro atoms. The molecule has 0 aliphatic carbocycles. The Morgan fingerprint density at radius 1 is 1.17 bits per heavy atom. The predicted molar refractivity (Wildman–Crippen MR) is 78.6 cm³/mol. The number of anilines is 1. The SMILES string of the molecule is CC(=O)Nc1ccc(O[Si](C)(C)C(C)(C)C)cc1. The molecule has 100 valence electrons. The number of hydrogen-bond donors (Lipinski definition) is 1. The highest BCUT2D eigenvalue weighted by molar-refractivity contribution is 6.74. The van der Waals surface area contributed by atoms with Gasteiger partial charge in [0.25, 0.3) is 0 Å². The van der Waals surface area contributed by atoms with E-state index in [4.69, 9.17) is 4.43 Å². The zero-order chi connectivity index (χ0) is 14.0. The Labute approximate surface area is 111 Å². The zero-order valence-corrected chi connectivity index (χ0v) is 13.1. The molecule has 1 aromatic rings. The Hall–Kier alpha value is -1.29. The lowest BCUT2D eigenvalue weighted by molar-refractivity contribution is -0.114. The Morgan fingerprint density at radius 3 is 2.06 bits per heavy atom. The molecular formula is C14H23NO2Si. The van der Waals surface area contributed by atoms with Gasteiger partial charge < -0.3 is 9.74 Å². The van der Waals surface area contributed by atoms with E-state index in [0.717, 1.165) is 11.4 Å². The summed E-state index contributed by atoms with van der Waals surface area (Å²) in [6, 6.07) is 7.55. The van der Waals surface area contributed by atoms with Gasteiger partial charge in [-0.15, -0.1) is 0 Å². The highest BCUT2D eigenvalue weighted by atomic mass is 28.4. The minimum Gasteiger partial charge on any atom is -0.544 e. The average molecular weight is 265 g/mol. The molecule has 1 amide bonds. The van der Waals surface area contributed by atoms with Gasteiger partial charge in [-0.1, -0.05) is 20.8 Å². The average Bonchev–Trinajstić information content (AvgIpc) is 2.18. The van der Waals surface area contributed by atoms with Crippen LogP contribution >= 0.6 is 0 Å². The largest absolute Gasteiger partial charge is 0.544 e. The molecule has 0 saturated carbocycles. The van der Waals surface area contributed by atoms with Crippen molar-refractivity contribution < 1.29 is 9.22 Å². The molecule has 3 nitrogen and oxygen atoms in total. The van der Waals surface area contributed by atoms with Crippen molar-refractivity contribution in [1.29, 1.82) is 0 Å². The third-order valence-electron chi connectivity index (χ3n) is 3.35. The summed E-state index contributed by atoms with van der Waals surface area (Å²) in [7, 11) is -1.78. The van der Waals surface area contributed by atoms with Gasteiger partial charge in [0.05, 0.1) is 0 Å². The molecule has 1 aromatic carbocycles.